The number of halogens is 1. The zero-order valence-electron chi connectivity index (χ0n) is 10.7. The van der Waals surface area contributed by atoms with Crippen molar-refractivity contribution in [3.05, 3.63) is 11.6 Å². The maximum Gasteiger partial charge on any atom is 0.256 e. The molecule has 106 valence electrons. The van der Waals surface area contributed by atoms with Gasteiger partial charge in [-0.2, -0.15) is 0 Å². The third kappa shape index (κ3) is 2.68. The Balaban J connectivity index is 2.17. The van der Waals surface area contributed by atoms with Crippen molar-refractivity contribution in [3.63, 3.8) is 0 Å². The van der Waals surface area contributed by atoms with Crippen LogP contribution in [-0.4, -0.2) is 57.1 Å². The topological polar surface area (TPSA) is 73.9 Å². The maximum absolute atomic E-state index is 14.3. The summed E-state index contributed by atoms with van der Waals surface area (Å²) >= 11 is 0. The number of imide groups is 1. The minimum atomic E-state index is -1.48. The summed E-state index contributed by atoms with van der Waals surface area (Å²) in [5.74, 6) is -1.02. The van der Waals surface area contributed by atoms with Crippen molar-refractivity contribution in [2.75, 3.05) is 20.8 Å². The van der Waals surface area contributed by atoms with Gasteiger partial charge in [0.15, 0.2) is 6.17 Å². The van der Waals surface area contributed by atoms with E-state index in [1.807, 2.05) is 0 Å². The van der Waals surface area contributed by atoms with Crippen LogP contribution in [0.2, 0.25) is 0 Å². The number of methoxy groups -OCH3 is 2. The lowest BCUT2D eigenvalue weighted by molar-refractivity contribution is -0.129. The lowest BCUT2D eigenvalue weighted by Gasteiger charge is -2.19. The summed E-state index contributed by atoms with van der Waals surface area (Å²) in [7, 11) is 2.85. The van der Waals surface area contributed by atoms with Gasteiger partial charge < -0.3 is 14.2 Å². The quantitative estimate of drug-likeness (QED) is 0.714. The molecule has 1 unspecified atom stereocenters. The van der Waals surface area contributed by atoms with Crippen molar-refractivity contribution >= 4 is 11.8 Å². The Labute approximate surface area is 109 Å². The van der Waals surface area contributed by atoms with E-state index in [0.717, 1.165) is 0 Å². The number of rotatable bonds is 4. The average Bonchev–Trinajstić information content (AvgIpc) is 2.66. The van der Waals surface area contributed by atoms with Gasteiger partial charge in [0.05, 0.1) is 6.61 Å². The summed E-state index contributed by atoms with van der Waals surface area (Å²) in [5.41, 5.74) is 0.132. The molecule has 1 N–H and O–H groups in total. The zero-order valence-corrected chi connectivity index (χ0v) is 10.7. The number of hydrogen-bond donors (Lipinski definition) is 1. The molecule has 0 aliphatic carbocycles. The van der Waals surface area contributed by atoms with Crippen LogP contribution in [0.25, 0.3) is 0 Å². The van der Waals surface area contributed by atoms with Crippen LogP contribution in [0.1, 0.15) is 6.42 Å². The molecule has 2 aliphatic rings. The van der Waals surface area contributed by atoms with Crippen molar-refractivity contribution in [2.45, 2.75) is 30.9 Å². The van der Waals surface area contributed by atoms with Gasteiger partial charge in [0.1, 0.15) is 18.3 Å². The van der Waals surface area contributed by atoms with Gasteiger partial charge in [0.2, 0.25) is 5.91 Å². The highest BCUT2D eigenvalue weighted by Gasteiger charge is 2.48. The molecule has 1 saturated heterocycles. The van der Waals surface area contributed by atoms with Gasteiger partial charge in [0, 0.05) is 26.2 Å². The normalized spacial score (nSPS) is 35.2. The molecule has 0 radical (unpaired) electrons. The lowest BCUT2D eigenvalue weighted by Crippen LogP contribution is -2.41. The number of nitrogens with one attached hydrogen (secondary N) is 1. The smallest absolute Gasteiger partial charge is 0.256 e. The Kier molecular flexibility index (Phi) is 4.28. The third-order valence-corrected chi connectivity index (χ3v) is 3.22. The zero-order chi connectivity index (χ0) is 14.0. The second-order valence-electron chi connectivity index (χ2n) is 4.44. The Hall–Kier alpha value is -1.31. The molecule has 2 amide bonds. The monoisotopic (exact) mass is 273 g/mol. The van der Waals surface area contributed by atoms with E-state index in [9.17, 15) is 14.0 Å². The molecular formula is C12H16FNO5. The number of ether oxygens (including phenoxy) is 3. The standard InChI is InChI=1S/C12H16FNO5/c1-17-5-7-11(18-2)9(13)10(19-7)6-3-4-8(15)14-12(6)16/h3,7,9-11H,4-5H2,1-2H3,(H,14,15,16)/t7-,9-,10+,11?/m1/s1. The Bertz CT molecular complexity index is 411. The Morgan fingerprint density at radius 3 is 2.79 bits per heavy atom. The minimum absolute atomic E-state index is 0.0419. The first-order valence-corrected chi connectivity index (χ1v) is 5.94. The highest BCUT2D eigenvalue weighted by molar-refractivity contribution is 6.08. The molecule has 0 bridgehead atoms. The maximum atomic E-state index is 14.3. The van der Waals surface area contributed by atoms with Crippen LogP contribution >= 0.6 is 0 Å². The molecule has 4 atom stereocenters. The molecule has 0 saturated carbocycles. The summed E-state index contributed by atoms with van der Waals surface area (Å²) in [6.45, 7) is 0.170. The van der Waals surface area contributed by atoms with Gasteiger partial charge in [-0.3, -0.25) is 14.9 Å². The van der Waals surface area contributed by atoms with E-state index < -0.39 is 36.3 Å². The van der Waals surface area contributed by atoms with E-state index in [2.05, 4.69) is 5.32 Å². The van der Waals surface area contributed by atoms with Crippen molar-refractivity contribution in [2.24, 2.45) is 0 Å². The first kappa shape index (κ1) is 14.1. The molecule has 2 heterocycles. The highest BCUT2D eigenvalue weighted by atomic mass is 19.1. The van der Waals surface area contributed by atoms with Crippen LogP contribution in [0.15, 0.2) is 11.6 Å². The second-order valence-corrected chi connectivity index (χ2v) is 4.44. The predicted molar refractivity (Wildman–Crippen MR) is 62.1 cm³/mol. The summed E-state index contributed by atoms with van der Waals surface area (Å²) < 4.78 is 29.8. The molecule has 6 nitrogen and oxygen atoms in total. The van der Waals surface area contributed by atoms with E-state index in [0.29, 0.717) is 0 Å². The molecular weight excluding hydrogens is 257 g/mol. The van der Waals surface area contributed by atoms with E-state index in [4.69, 9.17) is 14.2 Å². The van der Waals surface area contributed by atoms with Gasteiger partial charge in [-0.05, 0) is 0 Å². The molecule has 7 heteroatoms. The highest BCUT2D eigenvalue weighted by Crippen LogP contribution is 2.31. The number of alkyl halides is 1. The van der Waals surface area contributed by atoms with Crippen LogP contribution in [-0.2, 0) is 23.8 Å². The molecule has 0 aromatic carbocycles. The number of carbonyl (C=O) groups excluding carboxylic acids is 2. The largest absolute Gasteiger partial charge is 0.382 e. The van der Waals surface area contributed by atoms with Crippen LogP contribution in [0.5, 0.6) is 0 Å². The fraction of sp³-hybridized carbons (Fsp3) is 0.667. The number of hydrogen-bond acceptors (Lipinski definition) is 5. The molecule has 0 aromatic heterocycles. The van der Waals surface area contributed by atoms with E-state index in [-0.39, 0.29) is 18.6 Å². The van der Waals surface area contributed by atoms with Gasteiger partial charge in [-0.1, -0.05) is 6.08 Å². The van der Waals surface area contributed by atoms with Gasteiger partial charge in [-0.15, -0.1) is 0 Å². The van der Waals surface area contributed by atoms with Crippen molar-refractivity contribution in [1.82, 2.24) is 5.32 Å². The summed E-state index contributed by atoms with van der Waals surface area (Å²) in [5, 5.41) is 2.14. The molecule has 0 spiro atoms. The van der Waals surface area contributed by atoms with Crippen LogP contribution in [0.4, 0.5) is 4.39 Å². The number of carbonyl (C=O) groups is 2. The van der Waals surface area contributed by atoms with Crippen LogP contribution < -0.4 is 5.32 Å². The van der Waals surface area contributed by atoms with Gasteiger partial charge in [-0.25, -0.2) is 4.39 Å². The first-order valence-electron chi connectivity index (χ1n) is 5.94. The van der Waals surface area contributed by atoms with Crippen molar-refractivity contribution in [1.29, 1.82) is 0 Å². The SMILES string of the molecule is COC[C@H]1O[C@@H](C2=CCC(=O)NC2=O)[C@@H](F)C1OC. The van der Waals surface area contributed by atoms with Crippen molar-refractivity contribution in [3.8, 4) is 0 Å². The minimum Gasteiger partial charge on any atom is -0.382 e. The molecule has 2 aliphatic heterocycles. The van der Waals surface area contributed by atoms with E-state index in [1.54, 1.807) is 0 Å². The lowest BCUT2D eigenvalue weighted by atomic mass is 9.99. The van der Waals surface area contributed by atoms with Crippen molar-refractivity contribution < 1.29 is 28.2 Å². The second kappa shape index (κ2) is 5.77. The average molecular weight is 273 g/mol. The molecule has 19 heavy (non-hydrogen) atoms. The Morgan fingerprint density at radius 2 is 2.21 bits per heavy atom. The van der Waals surface area contributed by atoms with Crippen LogP contribution in [0, 0.1) is 0 Å². The molecule has 0 aromatic rings. The van der Waals surface area contributed by atoms with Crippen LogP contribution in [0.3, 0.4) is 0 Å². The van der Waals surface area contributed by atoms with Gasteiger partial charge >= 0.3 is 0 Å². The summed E-state index contributed by atoms with van der Waals surface area (Å²) in [4.78, 5) is 22.7. The fourth-order valence-electron chi connectivity index (χ4n) is 2.33. The fourth-order valence-corrected chi connectivity index (χ4v) is 2.33. The third-order valence-electron chi connectivity index (χ3n) is 3.22. The van der Waals surface area contributed by atoms with E-state index >= 15 is 0 Å². The summed E-state index contributed by atoms with van der Waals surface area (Å²) in [6, 6.07) is 0. The predicted octanol–water partition coefficient (Wildman–Crippen LogP) is -0.274. The first-order chi connectivity index (χ1) is 9.08. The molecule has 1 fully saturated rings. The van der Waals surface area contributed by atoms with E-state index in [1.165, 1.54) is 20.3 Å². The summed E-state index contributed by atoms with van der Waals surface area (Å²) in [6.07, 6.45) is -2.44. The molecule has 2 rings (SSSR count). The number of amides is 2. The Morgan fingerprint density at radius 1 is 1.47 bits per heavy atom. The van der Waals surface area contributed by atoms with Gasteiger partial charge in [0.25, 0.3) is 5.91 Å².